The fraction of sp³-hybridized carbons (Fsp3) is 0.158. The normalized spacial score (nSPS) is 11.1. The fourth-order valence-corrected chi connectivity index (χ4v) is 3.19. The molecule has 4 aromatic rings. The van der Waals surface area contributed by atoms with Crippen molar-refractivity contribution in [2.24, 2.45) is 0 Å². The molecule has 0 aliphatic rings. The summed E-state index contributed by atoms with van der Waals surface area (Å²) in [6.07, 6.45) is 2.79. The highest BCUT2D eigenvalue weighted by atomic mass is 79.9. The average Bonchev–Trinajstić information content (AvgIpc) is 3.32. The molecule has 0 aliphatic carbocycles. The number of nitrogens with zero attached hydrogens (tertiary/aromatic N) is 4. The molecule has 0 saturated heterocycles. The Hall–Kier alpha value is -3.27. The lowest BCUT2D eigenvalue weighted by Gasteiger charge is -2.07. The molecule has 3 heterocycles. The van der Waals surface area contributed by atoms with Crippen LogP contribution in [0.25, 0.3) is 11.0 Å². The second-order valence-electron chi connectivity index (χ2n) is 6.23. The van der Waals surface area contributed by atoms with Crippen LogP contribution in [-0.2, 0) is 13.1 Å². The van der Waals surface area contributed by atoms with Crippen LogP contribution in [-0.4, -0.2) is 31.8 Å². The molecule has 0 atom stereocenters. The Kier molecular flexibility index (Phi) is 5.26. The molecule has 148 valence electrons. The summed E-state index contributed by atoms with van der Waals surface area (Å²) in [5.41, 5.74) is 0.485. The molecule has 0 aliphatic heterocycles. The van der Waals surface area contributed by atoms with Gasteiger partial charge < -0.3 is 9.73 Å². The topological polar surface area (TPSA) is 95.0 Å². The van der Waals surface area contributed by atoms with E-state index in [1.807, 2.05) is 0 Å². The highest BCUT2D eigenvalue weighted by Gasteiger charge is 2.13. The van der Waals surface area contributed by atoms with Gasteiger partial charge in [-0.3, -0.25) is 14.2 Å². The van der Waals surface area contributed by atoms with Crippen molar-refractivity contribution < 1.29 is 13.6 Å². The van der Waals surface area contributed by atoms with Gasteiger partial charge in [0.15, 0.2) is 16.1 Å². The number of furan rings is 1. The Morgan fingerprint density at radius 3 is 2.83 bits per heavy atom. The monoisotopic (exact) mass is 459 g/mol. The van der Waals surface area contributed by atoms with Crippen LogP contribution in [0.1, 0.15) is 16.1 Å². The van der Waals surface area contributed by atoms with Crippen LogP contribution in [0.3, 0.4) is 0 Å². The van der Waals surface area contributed by atoms with Gasteiger partial charge in [0.2, 0.25) is 0 Å². The number of hydrogen-bond acceptors (Lipinski definition) is 5. The maximum atomic E-state index is 13.9. The van der Waals surface area contributed by atoms with Crippen molar-refractivity contribution in [3.8, 4) is 0 Å². The van der Waals surface area contributed by atoms with Gasteiger partial charge in [0.25, 0.3) is 11.5 Å². The van der Waals surface area contributed by atoms with Gasteiger partial charge in [-0.15, -0.1) is 0 Å². The SMILES string of the molecule is O=C(NCCn1ncc2c(=O)n(Cc3ccccc3F)cnc21)c1ccc(Br)o1. The zero-order chi connectivity index (χ0) is 20.4. The summed E-state index contributed by atoms with van der Waals surface area (Å²) in [5.74, 6) is -0.543. The van der Waals surface area contributed by atoms with Crippen molar-refractivity contribution in [1.29, 1.82) is 0 Å². The largest absolute Gasteiger partial charge is 0.444 e. The molecule has 10 heteroatoms. The predicted octanol–water partition coefficient (Wildman–Crippen LogP) is 2.57. The number of amides is 1. The molecular formula is C19H15BrFN5O3. The van der Waals surface area contributed by atoms with E-state index in [-0.39, 0.29) is 36.1 Å². The minimum Gasteiger partial charge on any atom is -0.444 e. The smallest absolute Gasteiger partial charge is 0.287 e. The standard InChI is InChI=1S/C19H15BrFN5O3/c20-16-6-5-15(29-16)18(27)22-7-8-26-17-13(9-24-26)19(28)25(11-23-17)10-12-3-1-2-4-14(12)21/h1-6,9,11H,7-8,10H2,(H,22,27). The van der Waals surface area contributed by atoms with E-state index in [4.69, 9.17) is 4.42 Å². The number of benzene rings is 1. The van der Waals surface area contributed by atoms with E-state index in [0.717, 1.165) is 0 Å². The summed E-state index contributed by atoms with van der Waals surface area (Å²) in [6.45, 7) is 0.670. The van der Waals surface area contributed by atoms with E-state index in [1.54, 1.807) is 30.3 Å². The molecule has 1 aromatic carbocycles. The van der Waals surface area contributed by atoms with Gasteiger partial charge in [0.1, 0.15) is 17.5 Å². The van der Waals surface area contributed by atoms with Crippen LogP contribution in [0.15, 0.2) is 62.8 Å². The number of rotatable bonds is 6. The number of fused-ring (bicyclic) bond motifs is 1. The number of aromatic nitrogens is 4. The van der Waals surface area contributed by atoms with Crippen molar-refractivity contribution in [3.05, 3.63) is 81.1 Å². The summed E-state index contributed by atoms with van der Waals surface area (Å²) < 4.78 is 22.4. The summed E-state index contributed by atoms with van der Waals surface area (Å²) in [5, 5.41) is 7.22. The molecule has 0 saturated carbocycles. The van der Waals surface area contributed by atoms with Gasteiger partial charge in [0.05, 0.1) is 19.3 Å². The second kappa shape index (κ2) is 8.00. The first-order valence-corrected chi connectivity index (χ1v) is 9.50. The van der Waals surface area contributed by atoms with E-state index in [2.05, 4.69) is 31.3 Å². The third-order valence-corrected chi connectivity index (χ3v) is 4.75. The molecule has 29 heavy (non-hydrogen) atoms. The molecule has 8 nitrogen and oxygen atoms in total. The minimum atomic E-state index is -0.380. The van der Waals surface area contributed by atoms with Crippen LogP contribution in [0.5, 0.6) is 0 Å². The lowest BCUT2D eigenvalue weighted by molar-refractivity contribution is 0.0923. The molecule has 0 bridgehead atoms. The zero-order valence-corrected chi connectivity index (χ0v) is 16.6. The summed E-state index contributed by atoms with van der Waals surface area (Å²) in [6, 6.07) is 9.46. The number of nitrogens with one attached hydrogen (secondary N) is 1. The van der Waals surface area contributed by atoms with Crippen molar-refractivity contribution in [2.75, 3.05) is 6.54 Å². The van der Waals surface area contributed by atoms with Crippen LogP contribution >= 0.6 is 15.9 Å². The highest BCUT2D eigenvalue weighted by Crippen LogP contribution is 2.14. The van der Waals surface area contributed by atoms with Crippen LogP contribution in [0, 0.1) is 5.82 Å². The molecule has 0 unspecified atom stereocenters. The number of hydrogen-bond donors (Lipinski definition) is 1. The van der Waals surface area contributed by atoms with Gasteiger partial charge in [-0.05, 0) is 34.1 Å². The van der Waals surface area contributed by atoms with E-state index < -0.39 is 0 Å². The third-order valence-electron chi connectivity index (χ3n) is 4.33. The van der Waals surface area contributed by atoms with Crippen LogP contribution in [0.4, 0.5) is 4.39 Å². The fourth-order valence-electron chi connectivity index (χ4n) is 2.88. The summed E-state index contributed by atoms with van der Waals surface area (Å²) >= 11 is 3.14. The molecule has 4 rings (SSSR count). The maximum absolute atomic E-state index is 13.9. The predicted molar refractivity (Wildman–Crippen MR) is 106 cm³/mol. The van der Waals surface area contributed by atoms with E-state index >= 15 is 0 Å². The lowest BCUT2D eigenvalue weighted by Crippen LogP contribution is -2.27. The van der Waals surface area contributed by atoms with Crippen molar-refractivity contribution in [2.45, 2.75) is 13.1 Å². The maximum Gasteiger partial charge on any atom is 0.287 e. The summed E-state index contributed by atoms with van der Waals surface area (Å²) in [4.78, 5) is 29.0. The Bertz CT molecular complexity index is 1250. The first kappa shape index (κ1) is 19.1. The number of carbonyl (C=O) groups excluding carboxylic acids is 1. The first-order valence-electron chi connectivity index (χ1n) is 8.71. The van der Waals surface area contributed by atoms with Gasteiger partial charge in [-0.25, -0.2) is 14.1 Å². The minimum absolute atomic E-state index is 0.0778. The Morgan fingerprint density at radius 1 is 1.24 bits per heavy atom. The van der Waals surface area contributed by atoms with Gasteiger partial charge in [-0.1, -0.05) is 18.2 Å². The number of carbonyl (C=O) groups is 1. The zero-order valence-electron chi connectivity index (χ0n) is 15.0. The first-order chi connectivity index (χ1) is 14.0. The summed E-state index contributed by atoms with van der Waals surface area (Å²) in [7, 11) is 0. The lowest BCUT2D eigenvalue weighted by atomic mass is 10.2. The second-order valence-corrected chi connectivity index (χ2v) is 7.02. The Morgan fingerprint density at radius 2 is 2.07 bits per heavy atom. The van der Waals surface area contributed by atoms with E-state index in [1.165, 1.54) is 27.8 Å². The third kappa shape index (κ3) is 3.97. The number of halogens is 2. The van der Waals surface area contributed by atoms with Gasteiger partial charge in [-0.2, -0.15) is 5.10 Å². The van der Waals surface area contributed by atoms with Gasteiger partial charge in [0, 0.05) is 12.1 Å². The quantitative estimate of drug-likeness (QED) is 0.478. The molecule has 1 amide bonds. The van der Waals surface area contributed by atoms with Crippen molar-refractivity contribution in [1.82, 2.24) is 24.6 Å². The highest BCUT2D eigenvalue weighted by molar-refractivity contribution is 9.10. The molecule has 3 aromatic heterocycles. The molecule has 0 spiro atoms. The molecule has 0 radical (unpaired) electrons. The van der Waals surface area contributed by atoms with Crippen molar-refractivity contribution >= 4 is 32.9 Å². The van der Waals surface area contributed by atoms with Crippen LogP contribution < -0.4 is 10.9 Å². The average molecular weight is 460 g/mol. The van der Waals surface area contributed by atoms with Crippen LogP contribution in [0.2, 0.25) is 0 Å². The molecule has 0 fully saturated rings. The molecular weight excluding hydrogens is 445 g/mol. The molecule has 1 N–H and O–H groups in total. The van der Waals surface area contributed by atoms with Gasteiger partial charge >= 0.3 is 0 Å². The van der Waals surface area contributed by atoms with Crippen molar-refractivity contribution in [3.63, 3.8) is 0 Å². The van der Waals surface area contributed by atoms with E-state index in [9.17, 15) is 14.0 Å². The Balaban J connectivity index is 1.48. The van der Waals surface area contributed by atoms with E-state index in [0.29, 0.717) is 27.8 Å². The Labute approximate surface area is 172 Å².